The van der Waals surface area contributed by atoms with Crippen LogP contribution in [0.2, 0.25) is 0 Å². The van der Waals surface area contributed by atoms with Gasteiger partial charge < -0.3 is 15.2 Å². The van der Waals surface area contributed by atoms with Crippen LogP contribution in [0.4, 0.5) is 5.69 Å². The van der Waals surface area contributed by atoms with Crippen LogP contribution in [0.5, 0.6) is 5.75 Å². The highest BCUT2D eigenvalue weighted by Crippen LogP contribution is 2.24. The maximum absolute atomic E-state index is 12.2. The topological polar surface area (TPSA) is 75.6 Å². The first kappa shape index (κ1) is 15.1. The zero-order chi connectivity index (χ0) is 15.4. The van der Waals surface area contributed by atoms with Crippen LogP contribution in [-0.4, -0.2) is 24.1 Å². The first-order valence-electron chi connectivity index (χ1n) is 6.00. The lowest BCUT2D eigenvalue weighted by molar-refractivity contribution is 0.0698. The number of amides is 1. The van der Waals surface area contributed by atoms with E-state index in [2.05, 4.69) is 21.2 Å². The van der Waals surface area contributed by atoms with Gasteiger partial charge in [-0.1, -0.05) is 12.1 Å². The smallest absolute Gasteiger partial charge is 0.337 e. The van der Waals surface area contributed by atoms with Crippen molar-refractivity contribution in [3.05, 3.63) is 58.1 Å². The monoisotopic (exact) mass is 349 g/mol. The van der Waals surface area contributed by atoms with Gasteiger partial charge in [0, 0.05) is 10.5 Å². The molecule has 0 saturated carbocycles. The third-order valence-electron chi connectivity index (χ3n) is 2.82. The highest BCUT2D eigenvalue weighted by atomic mass is 79.9. The highest BCUT2D eigenvalue weighted by Gasteiger charge is 2.16. The summed E-state index contributed by atoms with van der Waals surface area (Å²) in [6.07, 6.45) is 0. The Bertz CT molecular complexity index is 700. The average molecular weight is 350 g/mol. The number of aromatic carboxylic acids is 1. The molecule has 0 aliphatic rings. The van der Waals surface area contributed by atoms with Crippen molar-refractivity contribution < 1.29 is 19.4 Å². The lowest BCUT2D eigenvalue weighted by Gasteiger charge is -2.11. The van der Waals surface area contributed by atoms with Crippen molar-refractivity contribution in [3.63, 3.8) is 0 Å². The third-order valence-corrected chi connectivity index (χ3v) is 3.52. The molecule has 2 N–H and O–H groups in total. The standard InChI is InChI=1S/C15H12BrNO4/c1-21-9-6-7-11(15(19)20)13(8-9)17-14(18)10-4-2-3-5-12(10)16/h2-8H,1H3,(H,17,18)(H,19,20). The number of hydrogen-bond donors (Lipinski definition) is 2. The van der Waals surface area contributed by atoms with Crippen molar-refractivity contribution >= 4 is 33.5 Å². The van der Waals surface area contributed by atoms with Crippen LogP contribution in [0.3, 0.4) is 0 Å². The maximum atomic E-state index is 12.2. The van der Waals surface area contributed by atoms with E-state index in [0.717, 1.165) is 0 Å². The Morgan fingerprint density at radius 3 is 2.48 bits per heavy atom. The molecule has 5 nitrogen and oxygen atoms in total. The van der Waals surface area contributed by atoms with Gasteiger partial charge in [0.15, 0.2) is 0 Å². The molecule has 0 fully saturated rings. The minimum atomic E-state index is -1.12. The number of hydrogen-bond acceptors (Lipinski definition) is 3. The van der Waals surface area contributed by atoms with Gasteiger partial charge in [0.1, 0.15) is 5.75 Å². The minimum absolute atomic E-state index is 0.00352. The summed E-state index contributed by atoms with van der Waals surface area (Å²) >= 11 is 3.28. The molecule has 0 atom stereocenters. The fourth-order valence-corrected chi connectivity index (χ4v) is 2.24. The van der Waals surface area contributed by atoms with E-state index in [1.165, 1.54) is 25.3 Å². The summed E-state index contributed by atoms with van der Waals surface area (Å²) in [6, 6.07) is 11.3. The summed E-state index contributed by atoms with van der Waals surface area (Å²) in [6.45, 7) is 0. The van der Waals surface area contributed by atoms with Gasteiger partial charge in [-0.3, -0.25) is 4.79 Å². The highest BCUT2D eigenvalue weighted by molar-refractivity contribution is 9.10. The molecule has 0 heterocycles. The van der Waals surface area contributed by atoms with Gasteiger partial charge in [-0.25, -0.2) is 4.79 Å². The summed E-state index contributed by atoms with van der Waals surface area (Å²) in [5, 5.41) is 11.8. The number of carbonyl (C=O) groups excluding carboxylic acids is 1. The second kappa shape index (κ2) is 6.41. The summed E-state index contributed by atoms with van der Waals surface area (Å²) in [5.41, 5.74) is 0.593. The van der Waals surface area contributed by atoms with Crippen molar-refractivity contribution in [2.75, 3.05) is 12.4 Å². The Hall–Kier alpha value is -2.34. The lowest BCUT2D eigenvalue weighted by Crippen LogP contribution is -2.15. The van der Waals surface area contributed by atoms with E-state index in [9.17, 15) is 9.59 Å². The maximum Gasteiger partial charge on any atom is 0.337 e. The molecule has 2 rings (SSSR count). The van der Waals surface area contributed by atoms with E-state index >= 15 is 0 Å². The van der Waals surface area contributed by atoms with Gasteiger partial charge in [-0.05, 0) is 40.2 Å². The first-order valence-corrected chi connectivity index (χ1v) is 6.79. The second-order valence-electron chi connectivity index (χ2n) is 4.15. The number of carbonyl (C=O) groups is 2. The van der Waals surface area contributed by atoms with E-state index in [4.69, 9.17) is 9.84 Å². The van der Waals surface area contributed by atoms with Gasteiger partial charge in [0.25, 0.3) is 5.91 Å². The average Bonchev–Trinajstić information content (AvgIpc) is 2.47. The lowest BCUT2D eigenvalue weighted by atomic mass is 10.1. The molecule has 0 bridgehead atoms. The molecule has 108 valence electrons. The van der Waals surface area contributed by atoms with Crippen molar-refractivity contribution in [3.8, 4) is 5.75 Å². The van der Waals surface area contributed by atoms with E-state index < -0.39 is 11.9 Å². The minimum Gasteiger partial charge on any atom is -0.497 e. The number of rotatable bonds is 4. The Labute approximate surface area is 129 Å². The molecule has 6 heteroatoms. The van der Waals surface area contributed by atoms with Gasteiger partial charge in [0.05, 0.1) is 23.9 Å². The van der Waals surface area contributed by atoms with Crippen LogP contribution in [-0.2, 0) is 0 Å². The largest absolute Gasteiger partial charge is 0.497 e. The van der Waals surface area contributed by atoms with Crippen LogP contribution in [0.25, 0.3) is 0 Å². The molecule has 0 spiro atoms. The zero-order valence-electron chi connectivity index (χ0n) is 11.1. The normalized spacial score (nSPS) is 10.0. The van der Waals surface area contributed by atoms with E-state index in [1.807, 2.05) is 0 Å². The van der Waals surface area contributed by atoms with Crippen molar-refractivity contribution in [2.24, 2.45) is 0 Å². The predicted molar refractivity (Wildman–Crippen MR) is 82.0 cm³/mol. The first-order chi connectivity index (χ1) is 10.0. The van der Waals surface area contributed by atoms with Crippen LogP contribution < -0.4 is 10.1 Å². The van der Waals surface area contributed by atoms with Crippen LogP contribution in [0.1, 0.15) is 20.7 Å². The predicted octanol–water partition coefficient (Wildman–Crippen LogP) is 3.41. The molecule has 1 amide bonds. The summed E-state index contributed by atoms with van der Waals surface area (Å²) < 4.78 is 5.67. The number of nitrogens with one attached hydrogen (secondary N) is 1. The summed E-state index contributed by atoms with van der Waals surface area (Å²) in [5.74, 6) is -1.07. The van der Waals surface area contributed by atoms with E-state index in [1.54, 1.807) is 24.3 Å². The molecule has 0 unspecified atom stereocenters. The molecular weight excluding hydrogens is 338 g/mol. The fraction of sp³-hybridized carbons (Fsp3) is 0.0667. The third kappa shape index (κ3) is 3.41. The van der Waals surface area contributed by atoms with E-state index in [0.29, 0.717) is 15.8 Å². The number of methoxy groups -OCH3 is 1. The van der Waals surface area contributed by atoms with Crippen molar-refractivity contribution in [2.45, 2.75) is 0 Å². The molecule has 0 radical (unpaired) electrons. The van der Waals surface area contributed by atoms with Crippen LogP contribution in [0, 0.1) is 0 Å². The quantitative estimate of drug-likeness (QED) is 0.886. The van der Waals surface area contributed by atoms with Gasteiger partial charge in [-0.15, -0.1) is 0 Å². The molecule has 0 aromatic heterocycles. The fourth-order valence-electron chi connectivity index (χ4n) is 1.78. The van der Waals surface area contributed by atoms with Crippen LogP contribution in [0.15, 0.2) is 46.9 Å². The number of halogens is 1. The molecule has 21 heavy (non-hydrogen) atoms. The Morgan fingerprint density at radius 1 is 1.14 bits per heavy atom. The van der Waals surface area contributed by atoms with Crippen LogP contribution >= 0.6 is 15.9 Å². The summed E-state index contributed by atoms with van der Waals surface area (Å²) in [7, 11) is 1.47. The number of carboxylic acid groups (broad SMARTS) is 1. The molecule has 0 aliphatic carbocycles. The molecule has 2 aromatic carbocycles. The second-order valence-corrected chi connectivity index (χ2v) is 5.00. The molecule has 0 saturated heterocycles. The summed E-state index contributed by atoms with van der Waals surface area (Å²) in [4.78, 5) is 23.4. The Balaban J connectivity index is 2.36. The van der Waals surface area contributed by atoms with E-state index in [-0.39, 0.29) is 11.3 Å². The van der Waals surface area contributed by atoms with Crippen molar-refractivity contribution in [1.82, 2.24) is 0 Å². The SMILES string of the molecule is COc1ccc(C(=O)O)c(NC(=O)c2ccccc2Br)c1. The van der Waals surface area contributed by atoms with Crippen molar-refractivity contribution in [1.29, 1.82) is 0 Å². The molecular formula is C15H12BrNO4. The molecule has 0 aliphatic heterocycles. The van der Waals surface area contributed by atoms with Gasteiger partial charge in [-0.2, -0.15) is 0 Å². The number of anilines is 1. The number of carboxylic acids is 1. The zero-order valence-corrected chi connectivity index (χ0v) is 12.7. The molecule has 2 aromatic rings. The Morgan fingerprint density at radius 2 is 1.86 bits per heavy atom. The number of benzene rings is 2. The Kier molecular flexibility index (Phi) is 4.59. The van der Waals surface area contributed by atoms with Gasteiger partial charge >= 0.3 is 5.97 Å². The number of ether oxygens (including phenoxy) is 1. The van der Waals surface area contributed by atoms with Gasteiger partial charge in [0.2, 0.25) is 0 Å².